The number of halogens is 3. The molecular weight excluding hydrogens is 423 g/mol. The number of nitrogens with zero attached hydrogens (tertiary/aromatic N) is 3. The van der Waals surface area contributed by atoms with Gasteiger partial charge in [-0.1, -0.05) is 30.3 Å². The summed E-state index contributed by atoms with van der Waals surface area (Å²) in [6, 6.07) is 13.8. The number of anilines is 2. The number of carbonyl (C=O) groups excluding carboxylic acids is 2. The Morgan fingerprint density at radius 1 is 1.03 bits per heavy atom. The van der Waals surface area contributed by atoms with Gasteiger partial charge in [-0.3, -0.25) is 9.48 Å². The third-order valence-corrected chi connectivity index (χ3v) is 5.16. The predicted octanol–water partition coefficient (Wildman–Crippen LogP) is 4.28. The fourth-order valence-electron chi connectivity index (χ4n) is 3.73. The Balaban J connectivity index is 1.51. The van der Waals surface area contributed by atoms with Gasteiger partial charge in [0, 0.05) is 37.7 Å². The summed E-state index contributed by atoms with van der Waals surface area (Å²) in [5.41, 5.74) is 1.19. The van der Waals surface area contributed by atoms with E-state index >= 15 is 0 Å². The zero-order valence-electron chi connectivity index (χ0n) is 17.1. The summed E-state index contributed by atoms with van der Waals surface area (Å²) in [5, 5.41) is 8.96. The highest BCUT2D eigenvalue weighted by atomic mass is 19.4. The fraction of sp³-hybridized carbons (Fsp3) is 0.227. The van der Waals surface area contributed by atoms with Crippen LogP contribution in [0.1, 0.15) is 27.2 Å². The van der Waals surface area contributed by atoms with E-state index in [1.807, 2.05) is 6.07 Å². The minimum atomic E-state index is -4.72. The van der Waals surface area contributed by atoms with Crippen LogP contribution in [0.5, 0.6) is 0 Å². The number of hydrogen-bond acceptors (Lipinski definition) is 3. The van der Waals surface area contributed by atoms with Gasteiger partial charge in [-0.25, -0.2) is 4.79 Å². The average Bonchev–Trinajstić information content (AvgIpc) is 3.16. The maximum Gasteiger partial charge on any atom is 0.435 e. The number of alkyl halides is 3. The second kappa shape index (κ2) is 8.37. The van der Waals surface area contributed by atoms with Gasteiger partial charge in [0.05, 0.1) is 5.56 Å². The van der Waals surface area contributed by atoms with Crippen molar-refractivity contribution in [3.05, 3.63) is 77.1 Å². The highest BCUT2D eigenvalue weighted by molar-refractivity contribution is 6.00. The van der Waals surface area contributed by atoms with Crippen LogP contribution < -0.4 is 10.6 Å². The third kappa shape index (κ3) is 4.43. The zero-order valence-corrected chi connectivity index (χ0v) is 17.1. The van der Waals surface area contributed by atoms with Crippen molar-refractivity contribution in [3.63, 3.8) is 0 Å². The van der Waals surface area contributed by atoms with Gasteiger partial charge in [0.1, 0.15) is 0 Å². The van der Waals surface area contributed by atoms with Crippen molar-refractivity contribution >= 4 is 23.3 Å². The van der Waals surface area contributed by atoms with E-state index in [1.54, 1.807) is 42.5 Å². The van der Waals surface area contributed by atoms with Gasteiger partial charge in [0.2, 0.25) is 0 Å². The van der Waals surface area contributed by atoms with Crippen LogP contribution in [-0.2, 0) is 26.2 Å². The van der Waals surface area contributed by atoms with Crippen molar-refractivity contribution in [1.29, 1.82) is 0 Å². The topological polar surface area (TPSA) is 79.3 Å². The number of nitrogens with one attached hydrogen (secondary N) is 2. The third-order valence-electron chi connectivity index (χ3n) is 5.16. The van der Waals surface area contributed by atoms with Crippen LogP contribution in [0.15, 0.2) is 54.7 Å². The van der Waals surface area contributed by atoms with Gasteiger partial charge >= 0.3 is 12.2 Å². The molecule has 7 nitrogen and oxygen atoms in total. The molecule has 1 aliphatic heterocycles. The van der Waals surface area contributed by atoms with Gasteiger partial charge < -0.3 is 15.5 Å². The Labute approximate surface area is 181 Å². The molecule has 0 radical (unpaired) electrons. The Hall–Kier alpha value is -3.82. The summed E-state index contributed by atoms with van der Waals surface area (Å²) in [6.45, 7) is 0.354. The van der Waals surface area contributed by atoms with Gasteiger partial charge in [-0.05, 0) is 35.7 Å². The summed E-state index contributed by atoms with van der Waals surface area (Å²) in [7, 11) is 1.34. The zero-order chi connectivity index (χ0) is 22.9. The van der Waals surface area contributed by atoms with Gasteiger partial charge in [0.25, 0.3) is 5.91 Å². The van der Waals surface area contributed by atoms with Crippen molar-refractivity contribution in [2.45, 2.75) is 19.1 Å². The number of para-hydroxylation sites is 1. The van der Waals surface area contributed by atoms with E-state index in [2.05, 4.69) is 15.7 Å². The molecule has 3 amide bonds. The molecule has 1 aliphatic rings. The van der Waals surface area contributed by atoms with Crippen molar-refractivity contribution < 1.29 is 22.8 Å². The smallest absolute Gasteiger partial charge is 0.334 e. The number of amides is 3. The van der Waals surface area contributed by atoms with E-state index in [0.29, 0.717) is 17.8 Å². The Bertz CT molecular complexity index is 1160. The summed E-state index contributed by atoms with van der Waals surface area (Å²) in [4.78, 5) is 26.6. The molecule has 2 N–H and O–H groups in total. The van der Waals surface area contributed by atoms with E-state index < -0.39 is 29.4 Å². The quantitative estimate of drug-likeness (QED) is 0.634. The van der Waals surface area contributed by atoms with E-state index in [4.69, 9.17) is 0 Å². The second-order valence-electron chi connectivity index (χ2n) is 7.43. The molecule has 2 heterocycles. The second-order valence-corrected chi connectivity index (χ2v) is 7.43. The first kappa shape index (κ1) is 21.4. The van der Waals surface area contributed by atoms with Gasteiger partial charge in [-0.15, -0.1) is 0 Å². The maximum absolute atomic E-state index is 13.3. The number of carbonyl (C=O) groups is 2. The molecule has 0 atom stereocenters. The maximum atomic E-state index is 13.3. The number of aryl methyl sites for hydroxylation is 1. The molecule has 0 saturated carbocycles. The first-order valence-corrected chi connectivity index (χ1v) is 9.86. The molecule has 0 fully saturated rings. The Morgan fingerprint density at radius 3 is 2.50 bits per heavy atom. The highest BCUT2D eigenvalue weighted by Crippen LogP contribution is 2.33. The molecule has 10 heteroatoms. The molecule has 32 heavy (non-hydrogen) atoms. The number of hydrogen-bond donors (Lipinski definition) is 2. The van der Waals surface area contributed by atoms with Gasteiger partial charge in [-0.2, -0.15) is 18.3 Å². The Morgan fingerprint density at radius 2 is 1.78 bits per heavy atom. The molecule has 0 spiro atoms. The molecule has 2 aromatic carbocycles. The van der Waals surface area contributed by atoms with Crippen LogP contribution in [0.4, 0.5) is 29.3 Å². The lowest BCUT2D eigenvalue weighted by atomic mass is 9.97. The SMILES string of the molecule is Cn1cc(C(=O)N2CCc3c(cccc3NC(=O)Nc3ccccc3)C2)c(C(F)(F)F)n1. The molecule has 0 aliphatic carbocycles. The first-order valence-electron chi connectivity index (χ1n) is 9.86. The molecule has 0 unspecified atom stereocenters. The first-order chi connectivity index (χ1) is 15.2. The lowest BCUT2D eigenvalue weighted by Crippen LogP contribution is -2.37. The molecular formula is C22H20F3N5O2. The van der Waals surface area contributed by atoms with E-state index in [1.165, 1.54) is 11.9 Å². The number of fused-ring (bicyclic) bond motifs is 1. The summed E-state index contributed by atoms with van der Waals surface area (Å²) in [6.07, 6.45) is -3.24. The number of rotatable bonds is 3. The van der Waals surface area contributed by atoms with Crippen molar-refractivity contribution in [2.24, 2.45) is 7.05 Å². The normalized spacial score (nSPS) is 13.4. The monoisotopic (exact) mass is 443 g/mol. The summed E-state index contributed by atoms with van der Waals surface area (Å²) < 4.78 is 40.8. The molecule has 166 valence electrons. The van der Waals surface area contributed by atoms with Crippen molar-refractivity contribution in [2.75, 3.05) is 17.2 Å². The van der Waals surface area contributed by atoms with Crippen LogP contribution in [0.25, 0.3) is 0 Å². The number of aromatic nitrogens is 2. The average molecular weight is 443 g/mol. The fourth-order valence-corrected chi connectivity index (χ4v) is 3.73. The van der Waals surface area contributed by atoms with Crippen molar-refractivity contribution in [1.82, 2.24) is 14.7 Å². The minimum absolute atomic E-state index is 0.135. The molecule has 0 saturated heterocycles. The molecule has 3 aromatic rings. The minimum Gasteiger partial charge on any atom is -0.334 e. The van der Waals surface area contributed by atoms with Crippen molar-refractivity contribution in [3.8, 4) is 0 Å². The van der Waals surface area contributed by atoms with Crippen LogP contribution in [0.2, 0.25) is 0 Å². The predicted molar refractivity (Wildman–Crippen MR) is 112 cm³/mol. The van der Waals surface area contributed by atoms with Crippen LogP contribution >= 0.6 is 0 Å². The molecule has 1 aromatic heterocycles. The van der Waals surface area contributed by atoms with Crippen LogP contribution in [-0.4, -0.2) is 33.2 Å². The highest BCUT2D eigenvalue weighted by Gasteiger charge is 2.40. The van der Waals surface area contributed by atoms with E-state index in [9.17, 15) is 22.8 Å². The Kier molecular flexibility index (Phi) is 5.60. The summed E-state index contributed by atoms with van der Waals surface area (Å²) >= 11 is 0. The molecule has 4 rings (SSSR count). The van der Waals surface area contributed by atoms with E-state index in [0.717, 1.165) is 22.0 Å². The van der Waals surface area contributed by atoms with E-state index in [-0.39, 0.29) is 13.1 Å². The number of urea groups is 1. The van der Waals surface area contributed by atoms with Crippen LogP contribution in [0.3, 0.4) is 0 Å². The summed E-state index contributed by atoms with van der Waals surface area (Å²) in [5.74, 6) is -0.726. The van der Waals surface area contributed by atoms with Gasteiger partial charge in [0.15, 0.2) is 5.69 Å². The lowest BCUT2D eigenvalue weighted by molar-refractivity contribution is -0.141. The van der Waals surface area contributed by atoms with Crippen LogP contribution in [0, 0.1) is 0 Å². The standard InChI is InChI=1S/C22H20F3N5O2/c1-29-13-17(19(28-29)22(23,24)25)20(31)30-11-10-16-14(12-30)6-5-9-18(16)27-21(32)26-15-7-3-2-4-8-15/h2-9,13H,10-12H2,1H3,(H2,26,27,32). The molecule has 0 bridgehead atoms. The number of benzene rings is 2. The largest absolute Gasteiger partial charge is 0.435 e. The lowest BCUT2D eigenvalue weighted by Gasteiger charge is -2.30.